The van der Waals surface area contributed by atoms with Gasteiger partial charge in [-0.1, -0.05) is 20.8 Å². The molecule has 2 nitrogen and oxygen atoms in total. The Morgan fingerprint density at radius 3 is 1.83 bits per heavy atom. The number of hydrogen-bond donors (Lipinski definition) is 2. The fourth-order valence-electron chi connectivity index (χ4n) is 1.91. The predicted octanol–water partition coefficient (Wildman–Crippen LogP) is 1.41. The van der Waals surface area contributed by atoms with E-state index in [4.69, 9.17) is 10.2 Å². The van der Waals surface area contributed by atoms with Crippen LogP contribution in [0.25, 0.3) is 0 Å². The molecule has 1 fully saturated rings. The van der Waals surface area contributed by atoms with E-state index in [1.165, 1.54) is 0 Å². The van der Waals surface area contributed by atoms with Crippen LogP contribution in [0.15, 0.2) is 0 Å². The van der Waals surface area contributed by atoms with Crippen LogP contribution in [0.3, 0.4) is 0 Å². The Balaban J connectivity index is 2.45. The zero-order valence-corrected chi connectivity index (χ0v) is 8.30. The molecule has 1 rings (SSSR count). The predicted molar refractivity (Wildman–Crippen MR) is 48.8 cm³/mol. The minimum Gasteiger partial charge on any atom is -0.396 e. The molecule has 0 spiro atoms. The second-order valence-electron chi connectivity index (χ2n) is 5.29. The van der Waals surface area contributed by atoms with Crippen LogP contribution >= 0.6 is 0 Å². The molecule has 0 atom stereocenters. The first kappa shape index (κ1) is 10.0. The fourth-order valence-corrected chi connectivity index (χ4v) is 1.91. The average molecular weight is 172 g/mol. The largest absolute Gasteiger partial charge is 0.396 e. The lowest BCUT2D eigenvalue weighted by Crippen LogP contribution is -2.47. The lowest BCUT2D eigenvalue weighted by molar-refractivity contribution is -0.0831. The molecule has 0 aromatic carbocycles. The summed E-state index contributed by atoms with van der Waals surface area (Å²) in [6.07, 6.45) is 1.95. The third-order valence-corrected chi connectivity index (χ3v) is 3.25. The van der Waals surface area contributed by atoms with Gasteiger partial charge in [0, 0.05) is 5.41 Å². The first-order valence-corrected chi connectivity index (χ1v) is 4.65. The maximum absolute atomic E-state index is 9.06. The highest BCUT2D eigenvalue weighted by Gasteiger charge is 2.47. The maximum atomic E-state index is 9.06. The highest BCUT2D eigenvalue weighted by molar-refractivity contribution is 4.97. The van der Waals surface area contributed by atoms with Crippen molar-refractivity contribution in [1.82, 2.24) is 0 Å². The van der Waals surface area contributed by atoms with Gasteiger partial charge in [0.25, 0.3) is 0 Å². The van der Waals surface area contributed by atoms with Crippen molar-refractivity contribution >= 4 is 0 Å². The van der Waals surface area contributed by atoms with E-state index < -0.39 is 0 Å². The van der Waals surface area contributed by atoms with Crippen LogP contribution in [-0.2, 0) is 0 Å². The van der Waals surface area contributed by atoms with Gasteiger partial charge in [-0.15, -0.1) is 0 Å². The molecular weight excluding hydrogens is 152 g/mol. The van der Waals surface area contributed by atoms with E-state index >= 15 is 0 Å². The Morgan fingerprint density at radius 2 is 1.58 bits per heavy atom. The molecule has 0 heterocycles. The van der Waals surface area contributed by atoms with Gasteiger partial charge in [0.15, 0.2) is 0 Å². The van der Waals surface area contributed by atoms with Crippen LogP contribution < -0.4 is 0 Å². The summed E-state index contributed by atoms with van der Waals surface area (Å²) in [7, 11) is 0. The quantitative estimate of drug-likeness (QED) is 0.661. The summed E-state index contributed by atoms with van der Waals surface area (Å²) in [6.45, 7) is 6.93. The first-order chi connectivity index (χ1) is 5.43. The summed E-state index contributed by atoms with van der Waals surface area (Å²) in [5.74, 6) is 0.664. The third kappa shape index (κ3) is 1.64. The van der Waals surface area contributed by atoms with Crippen LogP contribution in [0.4, 0.5) is 0 Å². The summed E-state index contributed by atoms with van der Waals surface area (Å²) < 4.78 is 0. The Bertz CT molecular complexity index is 146. The number of aliphatic hydroxyl groups excluding tert-OH is 2. The molecule has 0 aromatic rings. The molecule has 2 N–H and O–H groups in total. The van der Waals surface area contributed by atoms with E-state index in [0.29, 0.717) is 11.3 Å². The van der Waals surface area contributed by atoms with E-state index in [1.54, 1.807) is 0 Å². The molecule has 0 bridgehead atoms. The minimum absolute atomic E-state index is 0.135. The Hall–Kier alpha value is -0.0800. The molecule has 0 radical (unpaired) electrons. The second kappa shape index (κ2) is 3.00. The topological polar surface area (TPSA) is 40.5 Å². The van der Waals surface area contributed by atoms with Crippen molar-refractivity contribution < 1.29 is 10.2 Å². The monoisotopic (exact) mass is 172 g/mol. The Kier molecular flexibility index (Phi) is 2.50. The van der Waals surface area contributed by atoms with Gasteiger partial charge in [-0.3, -0.25) is 0 Å². The van der Waals surface area contributed by atoms with Crippen molar-refractivity contribution in [2.45, 2.75) is 33.6 Å². The molecule has 1 saturated carbocycles. The zero-order chi connectivity index (χ0) is 9.41. The molecular formula is C10H20O2. The van der Waals surface area contributed by atoms with Crippen LogP contribution in [-0.4, -0.2) is 23.4 Å². The van der Waals surface area contributed by atoms with Gasteiger partial charge < -0.3 is 10.2 Å². The summed E-state index contributed by atoms with van der Waals surface area (Å²) in [4.78, 5) is 0. The maximum Gasteiger partial charge on any atom is 0.0509 e. The summed E-state index contributed by atoms with van der Waals surface area (Å²) >= 11 is 0. The average Bonchev–Trinajstić information content (AvgIpc) is 1.85. The van der Waals surface area contributed by atoms with Gasteiger partial charge in [-0.25, -0.2) is 0 Å². The van der Waals surface area contributed by atoms with E-state index in [0.717, 1.165) is 12.8 Å². The minimum atomic E-state index is -0.155. The van der Waals surface area contributed by atoms with Crippen molar-refractivity contribution in [2.24, 2.45) is 16.7 Å². The fraction of sp³-hybridized carbons (Fsp3) is 1.00. The van der Waals surface area contributed by atoms with Crippen LogP contribution in [0.5, 0.6) is 0 Å². The van der Waals surface area contributed by atoms with Gasteiger partial charge in [-0.2, -0.15) is 0 Å². The molecule has 72 valence electrons. The standard InChI is InChI=1S/C10H20O2/c1-9(2,3)8-4-10(5-8,6-11)7-12/h8,11-12H,4-7H2,1-3H3. The smallest absolute Gasteiger partial charge is 0.0509 e. The summed E-state index contributed by atoms with van der Waals surface area (Å²) in [6, 6.07) is 0. The zero-order valence-electron chi connectivity index (χ0n) is 8.30. The van der Waals surface area contributed by atoms with Crippen molar-refractivity contribution in [1.29, 1.82) is 0 Å². The number of hydrogen-bond acceptors (Lipinski definition) is 2. The van der Waals surface area contributed by atoms with E-state index in [-0.39, 0.29) is 18.6 Å². The highest BCUT2D eigenvalue weighted by atomic mass is 16.3. The number of aliphatic hydroxyl groups is 2. The van der Waals surface area contributed by atoms with E-state index in [9.17, 15) is 0 Å². The Morgan fingerprint density at radius 1 is 1.17 bits per heavy atom. The van der Waals surface area contributed by atoms with Gasteiger partial charge in [0.2, 0.25) is 0 Å². The normalized spacial score (nSPS) is 23.8. The van der Waals surface area contributed by atoms with E-state index in [1.807, 2.05) is 0 Å². The van der Waals surface area contributed by atoms with Crippen LogP contribution in [0, 0.1) is 16.7 Å². The molecule has 0 aliphatic heterocycles. The van der Waals surface area contributed by atoms with Gasteiger partial charge in [0.05, 0.1) is 13.2 Å². The summed E-state index contributed by atoms with van der Waals surface area (Å²) in [5.41, 5.74) is 0.172. The molecule has 12 heavy (non-hydrogen) atoms. The molecule has 1 aliphatic carbocycles. The lowest BCUT2D eigenvalue weighted by Gasteiger charge is -2.51. The van der Waals surface area contributed by atoms with Crippen LogP contribution in [0.1, 0.15) is 33.6 Å². The molecule has 0 unspecified atom stereocenters. The highest BCUT2D eigenvalue weighted by Crippen LogP contribution is 2.52. The van der Waals surface area contributed by atoms with Crippen molar-refractivity contribution in [3.8, 4) is 0 Å². The molecule has 2 heteroatoms. The first-order valence-electron chi connectivity index (χ1n) is 4.65. The van der Waals surface area contributed by atoms with Gasteiger partial charge >= 0.3 is 0 Å². The molecule has 0 amide bonds. The molecule has 0 aromatic heterocycles. The third-order valence-electron chi connectivity index (χ3n) is 3.25. The van der Waals surface area contributed by atoms with Crippen molar-refractivity contribution in [3.05, 3.63) is 0 Å². The van der Waals surface area contributed by atoms with E-state index in [2.05, 4.69) is 20.8 Å². The second-order valence-corrected chi connectivity index (χ2v) is 5.29. The molecule has 0 saturated heterocycles. The SMILES string of the molecule is CC(C)(C)C1CC(CO)(CO)C1. The van der Waals surface area contributed by atoms with Crippen LogP contribution in [0.2, 0.25) is 0 Å². The lowest BCUT2D eigenvalue weighted by atomic mass is 9.55. The molecule has 1 aliphatic rings. The number of rotatable bonds is 2. The van der Waals surface area contributed by atoms with Crippen molar-refractivity contribution in [2.75, 3.05) is 13.2 Å². The summed E-state index contributed by atoms with van der Waals surface area (Å²) in [5, 5.41) is 18.1. The Labute approximate surface area is 74.6 Å². The van der Waals surface area contributed by atoms with Crippen molar-refractivity contribution in [3.63, 3.8) is 0 Å². The van der Waals surface area contributed by atoms with Gasteiger partial charge in [-0.05, 0) is 24.2 Å². The van der Waals surface area contributed by atoms with Gasteiger partial charge in [0.1, 0.15) is 0 Å².